The molecule has 0 N–H and O–H groups in total. The molecule has 6 heteroatoms. The minimum atomic E-state index is -0.139. The Bertz CT molecular complexity index is 451. The van der Waals surface area contributed by atoms with Crippen LogP contribution in [0.1, 0.15) is 39.0 Å². The highest BCUT2D eigenvalue weighted by Crippen LogP contribution is 2.07. The SMILES string of the molecule is CCCCCCC(=O)OCCOCCOCCOCCOc1ccccc1. The van der Waals surface area contributed by atoms with Crippen LogP contribution in [0.2, 0.25) is 0 Å². The van der Waals surface area contributed by atoms with E-state index in [9.17, 15) is 4.79 Å². The van der Waals surface area contributed by atoms with Gasteiger partial charge in [-0.25, -0.2) is 0 Å². The average Bonchev–Trinajstić information content (AvgIpc) is 2.69. The van der Waals surface area contributed by atoms with Crippen LogP contribution in [-0.2, 0) is 23.7 Å². The first-order valence-corrected chi connectivity index (χ1v) is 9.89. The zero-order valence-corrected chi connectivity index (χ0v) is 16.5. The van der Waals surface area contributed by atoms with E-state index in [4.69, 9.17) is 23.7 Å². The fourth-order valence-corrected chi connectivity index (χ4v) is 2.26. The second-order valence-electron chi connectivity index (χ2n) is 6.03. The summed E-state index contributed by atoms with van der Waals surface area (Å²) in [6, 6.07) is 9.65. The Balaban J connectivity index is 1.74. The Morgan fingerprint density at radius 1 is 0.741 bits per heavy atom. The summed E-state index contributed by atoms with van der Waals surface area (Å²) in [4.78, 5) is 11.4. The molecule has 1 aromatic rings. The lowest BCUT2D eigenvalue weighted by Crippen LogP contribution is -2.14. The number of hydrogen-bond donors (Lipinski definition) is 0. The maximum atomic E-state index is 11.4. The van der Waals surface area contributed by atoms with Crippen molar-refractivity contribution in [3.05, 3.63) is 30.3 Å². The molecule has 0 radical (unpaired) electrons. The van der Waals surface area contributed by atoms with Crippen LogP contribution in [0.5, 0.6) is 5.75 Å². The number of carbonyl (C=O) groups is 1. The lowest BCUT2D eigenvalue weighted by atomic mass is 10.2. The number of unbranched alkanes of at least 4 members (excludes halogenated alkanes) is 3. The number of ether oxygens (including phenoxy) is 5. The summed E-state index contributed by atoms with van der Waals surface area (Å²) in [6.07, 6.45) is 4.83. The topological polar surface area (TPSA) is 63.2 Å². The molecule has 0 spiro atoms. The van der Waals surface area contributed by atoms with Gasteiger partial charge in [0.2, 0.25) is 0 Å². The standard InChI is InChI=1S/C21H34O6/c1-2-3-4-8-11-21(22)27-19-17-25-15-13-23-12-14-24-16-18-26-20-9-6-5-7-10-20/h5-7,9-10H,2-4,8,11-19H2,1H3. The summed E-state index contributed by atoms with van der Waals surface area (Å²) in [7, 11) is 0. The monoisotopic (exact) mass is 382 g/mol. The maximum Gasteiger partial charge on any atom is 0.305 e. The van der Waals surface area contributed by atoms with Crippen LogP contribution in [0.4, 0.5) is 0 Å². The Hall–Kier alpha value is -1.63. The molecule has 0 saturated heterocycles. The Morgan fingerprint density at radius 2 is 1.33 bits per heavy atom. The number of esters is 1. The van der Waals surface area contributed by atoms with Gasteiger partial charge in [0.25, 0.3) is 0 Å². The van der Waals surface area contributed by atoms with E-state index >= 15 is 0 Å². The molecule has 0 aliphatic carbocycles. The molecule has 0 aromatic heterocycles. The highest BCUT2D eigenvalue weighted by Gasteiger charge is 2.02. The van der Waals surface area contributed by atoms with E-state index in [-0.39, 0.29) is 5.97 Å². The summed E-state index contributed by atoms with van der Waals surface area (Å²) in [5, 5.41) is 0. The van der Waals surface area contributed by atoms with Gasteiger partial charge in [-0.05, 0) is 18.6 Å². The molecule has 0 atom stereocenters. The van der Waals surface area contributed by atoms with Gasteiger partial charge in [-0.2, -0.15) is 0 Å². The van der Waals surface area contributed by atoms with Crippen LogP contribution in [0, 0.1) is 0 Å². The zero-order chi connectivity index (χ0) is 19.4. The van der Waals surface area contributed by atoms with E-state index in [2.05, 4.69) is 6.92 Å². The number of rotatable bonds is 18. The summed E-state index contributed by atoms with van der Waals surface area (Å²) in [6.45, 7) is 5.90. The zero-order valence-electron chi connectivity index (χ0n) is 16.5. The third-order valence-electron chi connectivity index (χ3n) is 3.71. The lowest BCUT2D eigenvalue weighted by Gasteiger charge is -2.08. The first-order valence-electron chi connectivity index (χ1n) is 9.89. The summed E-state index contributed by atoms with van der Waals surface area (Å²) >= 11 is 0. The molecular weight excluding hydrogens is 348 g/mol. The molecule has 0 saturated carbocycles. The highest BCUT2D eigenvalue weighted by atomic mass is 16.6. The van der Waals surface area contributed by atoms with E-state index in [1.165, 1.54) is 12.8 Å². The quantitative estimate of drug-likeness (QED) is 0.285. The van der Waals surface area contributed by atoms with Crippen molar-refractivity contribution in [1.29, 1.82) is 0 Å². The van der Waals surface area contributed by atoms with Gasteiger partial charge in [-0.3, -0.25) is 4.79 Å². The predicted octanol–water partition coefficient (Wildman–Crippen LogP) is 3.63. The summed E-state index contributed by atoms with van der Waals surface area (Å²) < 4.78 is 26.8. The first kappa shape index (κ1) is 23.4. The number of para-hydroxylation sites is 1. The van der Waals surface area contributed by atoms with Gasteiger partial charge in [0.1, 0.15) is 19.0 Å². The molecule has 0 heterocycles. The Kier molecular flexibility index (Phi) is 15.4. The molecule has 0 bridgehead atoms. The number of hydrogen-bond acceptors (Lipinski definition) is 6. The minimum absolute atomic E-state index is 0.139. The van der Waals surface area contributed by atoms with Gasteiger partial charge >= 0.3 is 5.97 Å². The second kappa shape index (κ2) is 17.8. The molecule has 154 valence electrons. The van der Waals surface area contributed by atoms with Crippen molar-refractivity contribution in [3.8, 4) is 5.75 Å². The Morgan fingerprint density at radius 3 is 1.96 bits per heavy atom. The molecule has 0 fully saturated rings. The van der Waals surface area contributed by atoms with Crippen molar-refractivity contribution in [1.82, 2.24) is 0 Å². The van der Waals surface area contributed by atoms with E-state index < -0.39 is 0 Å². The summed E-state index contributed by atoms with van der Waals surface area (Å²) in [5.41, 5.74) is 0. The van der Waals surface area contributed by atoms with Crippen LogP contribution in [0.15, 0.2) is 30.3 Å². The van der Waals surface area contributed by atoms with Crippen molar-refractivity contribution < 1.29 is 28.5 Å². The van der Waals surface area contributed by atoms with Gasteiger partial charge in [0, 0.05) is 6.42 Å². The van der Waals surface area contributed by atoms with E-state index in [0.717, 1.165) is 18.6 Å². The van der Waals surface area contributed by atoms with E-state index in [0.29, 0.717) is 59.3 Å². The second-order valence-corrected chi connectivity index (χ2v) is 6.03. The largest absolute Gasteiger partial charge is 0.491 e. The van der Waals surface area contributed by atoms with Crippen molar-refractivity contribution in [2.24, 2.45) is 0 Å². The number of carbonyl (C=O) groups excluding carboxylic acids is 1. The van der Waals surface area contributed by atoms with Crippen molar-refractivity contribution in [3.63, 3.8) is 0 Å². The highest BCUT2D eigenvalue weighted by molar-refractivity contribution is 5.69. The molecule has 0 amide bonds. The van der Waals surface area contributed by atoms with Gasteiger partial charge in [0.15, 0.2) is 0 Å². The van der Waals surface area contributed by atoms with Crippen molar-refractivity contribution in [2.75, 3.05) is 52.9 Å². The maximum absolute atomic E-state index is 11.4. The van der Waals surface area contributed by atoms with Gasteiger partial charge in [-0.15, -0.1) is 0 Å². The molecular formula is C21H34O6. The van der Waals surface area contributed by atoms with Crippen molar-refractivity contribution in [2.45, 2.75) is 39.0 Å². The third-order valence-corrected chi connectivity index (χ3v) is 3.71. The molecule has 27 heavy (non-hydrogen) atoms. The van der Waals surface area contributed by atoms with Gasteiger partial charge < -0.3 is 23.7 Å². The first-order chi connectivity index (χ1) is 13.3. The molecule has 0 aliphatic rings. The van der Waals surface area contributed by atoms with Crippen LogP contribution in [0.3, 0.4) is 0 Å². The van der Waals surface area contributed by atoms with E-state index in [1.54, 1.807) is 0 Å². The summed E-state index contributed by atoms with van der Waals surface area (Å²) in [5.74, 6) is 0.705. The van der Waals surface area contributed by atoms with Gasteiger partial charge in [0.05, 0.1) is 39.6 Å². The fraction of sp³-hybridized carbons (Fsp3) is 0.667. The molecule has 0 aliphatic heterocycles. The smallest absolute Gasteiger partial charge is 0.305 e. The molecule has 1 aromatic carbocycles. The van der Waals surface area contributed by atoms with Crippen LogP contribution < -0.4 is 4.74 Å². The predicted molar refractivity (Wildman–Crippen MR) is 104 cm³/mol. The fourth-order valence-electron chi connectivity index (χ4n) is 2.26. The third kappa shape index (κ3) is 15.2. The molecule has 6 nitrogen and oxygen atoms in total. The van der Waals surface area contributed by atoms with E-state index in [1.807, 2.05) is 30.3 Å². The van der Waals surface area contributed by atoms with Crippen LogP contribution >= 0.6 is 0 Å². The van der Waals surface area contributed by atoms with Crippen LogP contribution in [-0.4, -0.2) is 58.8 Å². The minimum Gasteiger partial charge on any atom is -0.491 e. The van der Waals surface area contributed by atoms with Crippen molar-refractivity contribution >= 4 is 5.97 Å². The lowest BCUT2D eigenvalue weighted by molar-refractivity contribution is -0.145. The van der Waals surface area contributed by atoms with Crippen LogP contribution in [0.25, 0.3) is 0 Å². The molecule has 1 rings (SSSR count). The normalized spacial score (nSPS) is 10.7. The average molecular weight is 382 g/mol. The molecule has 0 unspecified atom stereocenters. The van der Waals surface area contributed by atoms with Gasteiger partial charge in [-0.1, -0.05) is 44.4 Å². The Labute approximate surface area is 163 Å². The number of benzene rings is 1.